The highest BCUT2D eigenvalue weighted by atomic mass is 31.2. The molecule has 1 unspecified atom stereocenters. The van der Waals surface area contributed by atoms with E-state index in [-0.39, 0.29) is 24.2 Å². The van der Waals surface area contributed by atoms with Gasteiger partial charge in [-0.1, -0.05) is 70.2 Å². The second-order valence-corrected chi connectivity index (χ2v) is 10.5. The molecule has 1 atom stereocenters. The third-order valence-electron chi connectivity index (χ3n) is 5.30. The zero-order valence-electron chi connectivity index (χ0n) is 19.7. The first kappa shape index (κ1) is 25.6. The molecule has 172 valence electrons. The highest BCUT2D eigenvalue weighted by Gasteiger charge is 2.26. The second kappa shape index (κ2) is 11.8. The van der Waals surface area contributed by atoms with E-state index in [0.29, 0.717) is 19.0 Å². The fourth-order valence-electron chi connectivity index (χ4n) is 3.69. The number of phenolic OH excluding ortho intramolecular Hbond substituents is 1. The monoisotopic (exact) mass is 447 g/mol. The summed E-state index contributed by atoms with van der Waals surface area (Å²) in [4.78, 5) is 0. The fourth-order valence-corrected chi connectivity index (χ4v) is 5.18. The van der Waals surface area contributed by atoms with Crippen LogP contribution in [0, 0.1) is 0 Å². The van der Waals surface area contributed by atoms with Gasteiger partial charge in [0.05, 0.1) is 19.5 Å². The first-order chi connectivity index (χ1) is 14.7. The summed E-state index contributed by atoms with van der Waals surface area (Å²) in [5.41, 5.74) is 4.10. The first-order valence-electron chi connectivity index (χ1n) is 11.2. The Labute approximate surface area is 187 Å². The topological polar surface area (TPSA) is 67.8 Å². The molecule has 0 bridgehead atoms. The third kappa shape index (κ3) is 7.18. The summed E-state index contributed by atoms with van der Waals surface area (Å²) in [6, 6.07) is 14.3. The molecule has 31 heavy (non-hydrogen) atoms. The van der Waals surface area contributed by atoms with Crippen LogP contribution in [0.3, 0.4) is 0 Å². The summed E-state index contributed by atoms with van der Waals surface area (Å²) in [6.45, 7) is 12.6. The highest BCUT2D eigenvalue weighted by Crippen LogP contribution is 2.47. The predicted molar refractivity (Wildman–Crippen MR) is 128 cm³/mol. The maximum atomic E-state index is 13.1. The number of hydrogen-bond acceptors (Lipinski definition) is 5. The zero-order valence-corrected chi connectivity index (χ0v) is 20.6. The lowest BCUT2D eigenvalue weighted by atomic mass is 9.88. The Balaban J connectivity index is 2.46. The van der Waals surface area contributed by atoms with Crippen LogP contribution in [0.25, 0.3) is 0 Å². The molecule has 0 aliphatic carbocycles. The standard InChI is InChI=1S/C25H38NO4P/c1-7-29-31(28,30-8-2)17-26-24(14-20-12-10-9-11-13-20)21-15-22(18(3)4)25(27)23(16-21)19(5)6/h9-13,15-16,18-19,24,26-27H,7-8,14,17H2,1-6H3. The highest BCUT2D eigenvalue weighted by molar-refractivity contribution is 7.53. The summed E-state index contributed by atoms with van der Waals surface area (Å²) >= 11 is 0. The van der Waals surface area contributed by atoms with Gasteiger partial charge in [-0.3, -0.25) is 9.88 Å². The Bertz CT molecular complexity index is 828. The fraction of sp³-hybridized carbons (Fsp3) is 0.520. The molecule has 0 aliphatic heterocycles. The Morgan fingerprint density at radius 1 is 0.935 bits per heavy atom. The maximum absolute atomic E-state index is 13.1. The van der Waals surface area contributed by atoms with Crippen molar-refractivity contribution in [3.63, 3.8) is 0 Å². The van der Waals surface area contributed by atoms with Crippen molar-refractivity contribution in [1.82, 2.24) is 5.32 Å². The van der Waals surface area contributed by atoms with Crippen LogP contribution < -0.4 is 5.32 Å². The molecule has 0 heterocycles. The van der Waals surface area contributed by atoms with Crippen LogP contribution in [-0.2, 0) is 20.0 Å². The largest absolute Gasteiger partial charge is 0.507 e. The molecular formula is C25H38NO4P. The number of rotatable bonds is 12. The van der Waals surface area contributed by atoms with Crippen LogP contribution >= 0.6 is 7.60 Å². The Hall–Kier alpha value is -1.65. The molecule has 0 aliphatic rings. The van der Waals surface area contributed by atoms with Gasteiger partial charge in [0.25, 0.3) is 0 Å². The number of benzene rings is 2. The summed E-state index contributed by atoms with van der Waals surface area (Å²) in [7, 11) is -3.23. The molecule has 0 aromatic heterocycles. The molecule has 2 N–H and O–H groups in total. The van der Waals surface area contributed by atoms with Crippen LogP contribution in [0.1, 0.15) is 81.7 Å². The molecule has 0 saturated carbocycles. The van der Waals surface area contributed by atoms with E-state index in [2.05, 4.69) is 57.3 Å². The molecule has 0 amide bonds. The Kier molecular flexibility index (Phi) is 9.77. The van der Waals surface area contributed by atoms with Crippen molar-refractivity contribution in [2.24, 2.45) is 0 Å². The van der Waals surface area contributed by atoms with E-state index in [4.69, 9.17) is 9.05 Å². The SMILES string of the molecule is CCOP(=O)(CNC(Cc1ccccc1)c1cc(C(C)C)c(O)c(C(C)C)c1)OCC. The van der Waals surface area contributed by atoms with Gasteiger partial charge in [-0.15, -0.1) is 0 Å². The molecule has 2 aromatic carbocycles. The molecule has 0 radical (unpaired) electrons. The van der Waals surface area contributed by atoms with Crippen LogP contribution in [0.4, 0.5) is 0 Å². The van der Waals surface area contributed by atoms with Crippen LogP contribution in [0.15, 0.2) is 42.5 Å². The molecule has 0 saturated heterocycles. The van der Waals surface area contributed by atoms with Crippen molar-refractivity contribution in [3.05, 3.63) is 64.7 Å². The molecule has 2 rings (SSSR count). The summed E-state index contributed by atoms with van der Waals surface area (Å²) in [5, 5.41) is 14.3. The van der Waals surface area contributed by atoms with Gasteiger partial charge in [0.15, 0.2) is 0 Å². The van der Waals surface area contributed by atoms with Crippen LogP contribution in [0.5, 0.6) is 5.75 Å². The van der Waals surface area contributed by atoms with Gasteiger partial charge in [-0.05, 0) is 54.4 Å². The molecule has 0 spiro atoms. The van der Waals surface area contributed by atoms with Crippen LogP contribution in [-0.4, -0.2) is 24.6 Å². The van der Waals surface area contributed by atoms with Gasteiger partial charge in [0.2, 0.25) is 0 Å². The molecule has 5 nitrogen and oxygen atoms in total. The molecular weight excluding hydrogens is 409 g/mol. The van der Waals surface area contributed by atoms with E-state index in [1.54, 1.807) is 0 Å². The van der Waals surface area contributed by atoms with Gasteiger partial charge in [-0.2, -0.15) is 0 Å². The van der Waals surface area contributed by atoms with Crippen molar-refractivity contribution in [1.29, 1.82) is 0 Å². The van der Waals surface area contributed by atoms with E-state index in [9.17, 15) is 9.67 Å². The van der Waals surface area contributed by atoms with E-state index < -0.39 is 7.60 Å². The average molecular weight is 448 g/mol. The lowest BCUT2D eigenvalue weighted by Gasteiger charge is -2.26. The maximum Gasteiger partial charge on any atom is 0.344 e. The average Bonchev–Trinajstić information content (AvgIpc) is 2.72. The minimum Gasteiger partial charge on any atom is -0.507 e. The van der Waals surface area contributed by atoms with Crippen molar-refractivity contribution < 1.29 is 18.7 Å². The van der Waals surface area contributed by atoms with Gasteiger partial charge in [0.1, 0.15) is 5.75 Å². The zero-order chi connectivity index (χ0) is 23.0. The van der Waals surface area contributed by atoms with Crippen molar-refractivity contribution in [2.75, 3.05) is 19.5 Å². The van der Waals surface area contributed by atoms with Crippen molar-refractivity contribution in [2.45, 2.75) is 65.8 Å². The normalized spacial score (nSPS) is 13.2. The van der Waals surface area contributed by atoms with Crippen molar-refractivity contribution >= 4 is 7.60 Å². The van der Waals surface area contributed by atoms with Gasteiger partial charge >= 0.3 is 7.60 Å². The summed E-state index contributed by atoms with van der Waals surface area (Å²) in [6.07, 6.45) is 0.847. The van der Waals surface area contributed by atoms with Gasteiger partial charge in [0, 0.05) is 6.04 Å². The smallest absolute Gasteiger partial charge is 0.344 e. The third-order valence-corrected chi connectivity index (χ3v) is 7.18. The number of phenols is 1. The summed E-state index contributed by atoms with van der Waals surface area (Å²) in [5.74, 6) is 0.752. The lowest BCUT2D eigenvalue weighted by Crippen LogP contribution is -2.26. The van der Waals surface area contributed by atoms with E-state index >= 15 is 0 Å². The molecule has 6 heteroatoms. The van der Waals surface area contributed by atoms with Crippen molar-refractivity contribution in [3.8, 4) is 5.75 Å². The Morgan fingerprint density at radius 3 is 1.90 bits per heavy atom. The van der Waals surface area contributed by atoms with Gasteiger partial charge < -0.3 is 14.2 Å². The van der Waals surface area contributed by atoms with Crippen LogP contribution in [0.2, 0.25) is 0 Å². The number of hydrogen-bond donors (Lipinski definition) is 2. The second-order valence-electron chi connectivity index (χ2n) is 8.41. The number of nitrogens with one attached hydrogen (secondary N) is 1. The Morgan fingerprint density at radius 2 is 1.45 bits per heavy atom. The van der Waals surface area contributed by atoms with E-state index in [1.807, 2.05) is 32.0 Å². The molecule has 0 fully saturated rings. The van der Waals surface area contributed by atoms with E-state index in [0.717, 1.165) is 23.1 Å². The van der Waals surface area contributed by atoms with E-state index in [1.165, 1.54) is 5.56 Å². The molecule has 2 aromatic rings. The van der Waals surface area contributed by atoms with Gasteiger partial charge in [-0.25, -0.2) is 0 Å². The first-order valence-corrected chi connectivity index (χ1v) is 13.0. The lowest BCUT2D eigenvalue weighted by molar-refractivity contribution is 0.216. The number of aromatic hydroxyl groups is 1. The predicted octanol–water partition coefficient (Wildman–Crippen LogP) is 6.74. The quantitative estimate of drug-likeness (QED) is 0.353. The minimum atomic E-state index is -3.23. The summed E-state index contributed by atoms with van der Waals surface area (Å²) < 4.78 is 24.0. The minimum absolute atomic E-state index is 0.104.